The minimum atomic E-state index is 0.977. The molecule has 0 aliphatic heterocycles. The minimum absolute atomic E-state index is 0.977. The molecule has 108 valence electrons. The van der Waals surface area contributed by atoms with Gasteiger partial charge in [-0.1, -0.05) is 77.9 Å². The van der Waals surface area contributed by atoms with Gasteiger partial charge in [-0.05, 0) is 26.0 Å². The van der Waals surface area contributed by atoms with Crippen LogP contribution < -0.4 is 0 Å². The molecule has 0 atom stereocenters. The lowest BCUT2D eigenvalue weighted by molar-refractivity contribution is 1.41. The molecule has 0 aliphatic carbocycles. The first-order valence-corrected chi connectivity index (χ1v) is 7.50. The average molecular weight is 285 g/mol. The van der Waals surface area contributed by atoms with Crippen LogP contribution in [0, 0.1) is 13.8 Å². The van der Waals surface area contributed by atoms with E-state index < -0.39 is 0 Å². The quantitative estimate of drug-likeness (QED) is 0.566. The average Bonchev–Trinajstić information content (AvgIpc) is 2.56. The van der Waals surface area contributed by atoms with Crippen molar-refractivity contribution in [2.24, 2.45) is 4.99 Å². The first kappa shape index (κ1) is 14.3. The third kappa shape index (κ3) is 3.32. The summed E-state index contributed by atoms with van der Waals surface area (Å²) in [4.78, 5) is 4.89. The zero-order valence-electron chi connectivity index (χ0n) is 13.0. The Hall–Kier alpha value is -2.67. The van der Waals surface area contributed by atoms with Crippen molar-refractivity contribution in [1.29, 1.82) is 0 Å². The molecule has 0 bridgehead atoms. The van der Waals surface area contributed by atoms with Crippen molar-refractivity contribution in [1.82, 2.24) is 0 Å². The van der Waals surface area contributed by atoms with Crippen molar-refractivity contribution >= 4 is 11.4 Å². The molecule has 0 heterocycles. The predicted molar refractivity (Wildman–Crippen MR) is 94.1 cm³/mol. The van der Waals surface area contributed by atoms with Crippen LogP contribution in [0.25, 0.3) is 0 Å². The van der Waals surface area contributed by atoms with Crippen LogP contribution in [-0.2, 0) is 0 Å². The van der Waals surface area contributed by atoms with Gasteiger partial charge < -0.3 is 0 Å². The predicted octanol–water partition coefficient (Wildman–Crippen LogP) is 5.47. The molecular weight excluding hydrogens is 266 g/mol. The van der Waals surface area contributed by atoms with Crippen molar-refractivity contribution in [3.8, 4) is 0 Å². The topological polar surface area (TPSA) is 12.4 Å². The highest BCUT2D eigenvalue weighted by atomic mass is 14.7. The number of benzene rings is 3. The fraction of sp³-hybridized carbons (Fsp3) is 0.0952. The molecule has 1 nitrogen and oxygen atoms in total. The second-order valence-electron chi connectivity index (χ2n) is 5.53. The van der Waals surface area contributed by atoms with Crippen LogP contribution in [-0.4, -0.2) is 5.71 Å². The van der Waals surface area contributed by atoms with Crippen molar-refractivity contribution in [3.63, 3.8) is 0 Å². The monoisotopic (exact) mass is 285 g/mol. The second kappa shape index (κ2) is 6.40. The van der Waals surface area contributed by atoms with Gasteiger partial charge >= 0.3 is 0 Å². The summed E-state index contributed by atoms with van der Waals surface area (Å²) in [6.07, 6.45) is 0. The molecule has 3 rings (SSSR count). The number of hydrogen-bond donors (Lipinski definition) is 0. The number of rotatable bonds is 3. The Balaban J connectivity index is 2.10. The Morgan fingerprint density at radius 3 is 1.68 bits per heavy atom. The van der Waals surface area contributed by atoms with E-state index in [0.29, 0.717) is 0 Å². The molecule has 0 saturated carbocycles. The van der Waals surface area contributed by atoms with E-state index in [-0.39, 0.29) is 0 Å². The molecule has 0 spiro atoms. The Morgan fingerprint density at radius 2 is 1.09 bits per heavy atom. The highest BCUT2D eigenvalue weighted by Gasteiger charge is 2.07. The first-order valence-electron chi connectivity index (χ1n) is 7.50. The number of hydrogen-bond acceptors (Lipinski definition) is 1. The molecule has 0 aromatic heterocycles. The van der Waals surface area contributed by atoms with E-state index in [2.05, 4.69) is 74.5 Å². The molecule has 0 fully saturated rings. The molecule has 0 radical (unpaired) electrons. The van der Waals surface area contributed by atoms with Gasteiger partial charge in [0.05, 0.1) is 11.4 Å². The van der Waals surface area contributed by atoms with Crippen molar-refractivity contribution in [2.75, 3.05) is 0 Å². The molecular formula is C21H19N. The molecule has 3 aromatic carbocycles. The van der Waals surface area contributed by atoms with Gasteiger partial charge in [-0.25, -0.2) is 4.99 Å². The number of aryl methyl sites for hydroxylation is 2. The van der Waals surface area contributed by atoms with E-state index in [1.54, 1.807) is 0 Å². The number of nitrogens with zero attached hydrogens (tertiary/aromatic N) is 1. The summed E-state index contributed by atoms with van der Waals surface area (Å²) in [7, 11) is 0. The van der Waals surface area contributed by atoms with Gasteiger partial charge in [0.15, 0.2) is 0 Å². The summed E-state index contributed by atoms with van der Waals surface area (Å²) in [6, 6.07) is 27.2. The minimum Gasteiger partial charge on any atom is -0.248 e. The molecule has 22 heavy (non-hydrogen) atoms. The zero-order chi connectivity index (χ0) is 15.4. The maximum atomic E-state index is 4.89. The summed E-state index contributed by atoms with van der Waals surface area (Å²) in [6.45, 7) is 4.19. The van der Waals surface area contributed by atoms with E-state index >= 15 is 0 Å². The molecule has 0 aliphatic rings. The smallest absolute Gasteiger partial charge is 0.0781 e. The van der Waals surface area contributed by atoms with Crippen molar-refractivity contribution < 1.29 is 0 Å². The van der Waals surface area contributed by atoms with Crippen LogP contribution in [0.2, 0.25) is 0 Å². The van der Waals surface area contributed by atoms with E-state index in [9.17, 15) is 0 Å². The van der Waals surface area contributed by atoms with E-state index in [0.717, 1.165) is 22.5 Å². The molecule has 0 saturated heterocycles. The largest absolute Gasteiger partial charge is 0.248 e. The SMILES string of the molecule is Cc1ccc(/N=C(\c2ccccc2)c2ccc(C)cc2)cc1. The zero-order valence-corrected chi connectivity index (χ0v) is 13.0. The fourth-order valence-corrected chi connectivity index (χ4v) is 2.35. The highest BCUT2D eigenvalue weighted by molar-refractivity contribution is 6.13. The number of aliphatic imine (C=N–C) groups is 1. The summed E-state index contributed by atoms with van der Waals surface area (Å²) in [5.74, 6) is 0. The van der Waals surface area contributed by atoms with Gasteiger partial charge in [0.1, 0.15) is 0 Å². The Labute approximate surface area is 132 Å². The Morgan fingerprint density at radius 1 is 0.591 bits per heavy atom. The molecule has 3 aromatic rings. The van der Waals surface area contributed by atoms with E-state index in [1.807, 2.05) is 18.2 Å². The normalized spacial score (nSPS) is 11.5. The summed E-state index contributed by atoms with van der Waals surface area (Å²) in [5.41, 5.74) is 6.75. The summed E-state index contributed by atoms with van der Waals surface area (Å²) >= 11 is 0. The van der Waals surface area contributed by atoms with Crippen LogP contribution in [0.15, 0.2) is 83.9 Å². The van der Waals surface area contributed by atoms with Gasteiger partial charge in [-0.15, -0.1) is 0 Å². The molecule has 0 N–H and O–H groups in total. The Bertz CT molecular complexity index is 766. The van der Waals surface area contributed by atoms with Gasteiger partial charge in [-0.3, -0.25) is 0 Å². The maximum absolute atomic E-state index is 4.89. The van der Waals surface area contributed by atoms with Crippen LogP contribution in [0.1, 0.15) is 22.3 Å². The summed E-state index contributed by atoms with van der Waals surface area (Å²) < 4.78 is 0. The van der Waals surface area contributed by atoms with Crippen LogP contribution >= 0.6 is 0 Å². The molecule has 0 unspecified atom stereocenters. The van der Waals surface area contributed by atoms with E-state index in [1.165, 1.54) is 11.1 Å². The first-order chi connectivity index (χ1) is 10.7. The highest BCUT2D eigenvalue weighted by Crippen LogP contribution is 2.19. The lowest BCUT2D eigenvalue weighted by Crippen LogP contribution is -2.02. The second-order valence-corrected chi connectivity index (χ2v) is 5.53. The van der Waals surface area contributed by atoms with Gasteiger partial charge in [0.2, 0.25) is 0 Å². The van der Waals surface area contributed by atoms with E-state index in [4.69, 9.17) is 4.99 Å². The Kier molecular flexibility index (Phi) is 4.15. The lowest BCUT2D eigenvalue weighted by Gasteiger charge is -2.08. The van der Waals surface area contributed by atoms with Gasteiger partial charge in [0.25, 0.3) is 0 Å². The van der Waals surface area contributed by atoms with Crippen molar-refractivity contribution in [3.05, 3.63) is 101 Å². The van der Waals surface area contributed by atoms with Gasteiger partial charge in [0, 0.05) is 11.1 Å². The molecule has 0 amide bonds. The maximum Gasteiger partial charge on any atom is 0.0781 e. The van der Waals surface area contributed by atoms with Gasteiger partial charge in [-0.2, -0.15) is 0 Å². The third-order valence-electron chi connectivity index (χ3n) is 3.65. The van der Waals surface area contributed by atoms with Crippen LogP contribution in [0.5, 0.6) is 0 Å². The fourth-order valence-electron chi connectivity index (χ4n) is 2.35. The lowest BCUT2D eigenvalue weighted by atomic mass is 10.0. The van der Waals surface area contributed by atoms with Crippen LogP contribution in [0.4, 0.5) is 5.69 Å². The standard InChI is InChI=1S/C21H19N/c1-16-8-12-19(13-9-16)21(18-6-4-3-5-7-18)22-20-14-10-17(2)11-15-20/h3-15H,1-2H3/b22-21+. The summed E-state index contributed by atoms with van der Waals surface area (Å²) in [5, 5.41) is 0. The third-order valence-corrected chi connectivity index (χ3v) is 3.65. The molecule has 1 heteroatoms. The van der Waals surface area contributed by atoms with Crippen LogP contribution in [0.3, 0.4) is 0 Å². The van der Waals surface area contributed by atoms with Crippen molar-refractivity contribution in [2.45, 2.75) is 13.8 Å².